The first kappa shape index (κ1) is 13.0. The molecule has 17 heavy (non-hydrogen) atoms. The summed E-state index contributed by atoms with van der Waals surface area (Å²) >= 11 is 0. The molecular weight excluding hydrogens is 226 g/mol. The lowest BCUT2D eigenvalue weighted by Crippen LogP contribution is -2.08. The van der Waals surface area contributed by atoms with E-state index >= 15 is 0 Å². The van der Waals surface area contributed by atoms with E-state index in [9.17, 15) is 14.9 Å². The van der Waals surface area contributed by atoms with Crippen LogP contribution in [-0.4, -0.2) is 16.2 Å². The Morgan fingerprint density at radius 3 is 2.71 bits per heavy atom. The second-order valence-corrected chi connectivity index (χ2v) is 3.53. The van der Waals surface area contributed by atoms with E-state index in [1.54, 1.807) is 12.1 Å². The van der Waals surface area contributed by atoms with Crippen molar-refractivity contribution in [1.29, 1.82) is 0 Å². The van der Waals surface area contributed by atoms with Gasteiger partial charge in [-0.25, -0.2) is 4.79 Å². The smallest absolute Gasteiger partial charge is 0.450 e. The van der Waals surface area contributed by atoms with Crippen LogP contribution >= 0.6 is 0 Å². The Labute approximate surface area is 98.0 Å². The van der Waals surface area contributed by atoms with Gasteiger partial charge in [-0.05, 0) is 25.0 Å². The number of ether oxygens (including phenoxy) is 1. The number of nitro benzene ring substituents is 1. The number of hydrogen-bond donors (Lipinski definition) is 1. The molecule has 0 saturated carbocycles. The van der Waals surface area contributed by atoms with Crippen molar-refractivity contribution < 1.29 is 19.6 Å². The predicted octanol–water partition coefficient (Wildman–Crippen LogP) is 2.91. The Bertz CT molecular complexity index is 443. The number of nitrogens with zero attached hydrogens (tertiary/aromatic N) is 1. The normalized spacial score (nSPS) is 11.9. The van der Waals surface area contributed by atoms with Crippen LogP contribution in [0.25, 0.3) is 0 Å². The van der Waals surface area contributed by atoms with E-state index in [0.717, 1.165) is 5.56 Å². The van der Waals surface area contributed by atoms with Crippen molar-refractivity contribution in [2.45, 2.75) is 26.4 Å². The summed E-state index contributed by atoms with van der Waals surface area (Å²) in [6.07, 6.45) is -1.60. The van der Waals surface area contributed by atoms with E-state index in [2.05, 4.69) is 4.74 Å². The van der Waals surface area contributed by atoms with Gasteiger partial charge in [0.1, 0.15) is 6.10 Å². The van der Waals surface area contributed by atoms with Gasteiger partial charge in [-0.15, -0.1) is 0 Å². The van der Waals surface area contributed by atoms with Gasteiger partial charge in [0, 0.05) is 6.07 Å². The Morgan fingerprint density at radius 2 is 2.24 bits per heavy atom. The van der Waals surface area contributed by atoms with Gasteiger partial charge in [0.05, 0.1) is 10.5 Å². The molecule has 1 rings (SSSR count). The summed E-state index contributed by atoms with van der Waals surface area (Å²) in [5.41, 5.74) is 1.04. The lowest BCUT2D eigenvalue weighted by molar-refractivity contribution is -0.386. The molecule has 0 bridgehead atoms. The second kappa shape index (κ2) is 5.29. The van der Waals surface area contributed by atoms with E-state index in [4.69, 9.17) is 5.11 Å². The van der Waals surface area contributed by atoms with Gasteiger partial charge in [-0.1, -0.05) is 13.0 Å². The predicted molar refractivity (Wildman–Crippen MR) is 60.0 cm³/mol. The minimum absolute atomic E-state index is 0.129. The van der Waals surface area contributed by atoms with Crippen molar-refractivity contribution in [3.8, 4) is 0 Å². The monoisotopic (exact) mass is 239 g/mol. The fraction of sp³-hybridized carbons (Fsp3) is 0.364. The molecule has 0 heterocycles. The molecule has 1 N–H and O–H groups in total. The summed E-state index contributed by atoms with van der Waals surface area (Å²) in [7, 11) is 0. The second-order valence-electron chi connectivity index (χ2n) is 3.53. The molecule has 0 radical (unpaired) electrons. The van der Waals surface area contributed by atoms with Gasteiger partial charge in [0.15, 0.2) is 0 Å². The molecule has 92 valence electrons. The molecular formula is C11H13NO5. The zero-order valence-electron chi connectivity index (χ0n) is 9.54. The largest absolute Gasteiger partial charge is 0.506 e. The molecule has 0 amide bonds. The summed E-state index contributed by atoms with van der Waals surface area (Å²) in [5, 5.41) is 19.3. The molecule has 0 aliphatic heterocycles. The van der Waals surface area contributed by atoms with E-state index in [1.165, 1.54) is 13.0 Å². The van der Waals surface area contributed by atoms with Crippen LogP contribution in [-0.2, 0) is 11.2 Å². The molecule has 1 aromatic rings. The van der Waals surface area contributed by atoms with Crippen molar-refractivity contribution in [1.82, 2.24) is 0 Å². The quantitative estimate of drug-likeness (QED) is 0.495. The maximum absolute atomic E-state index is 10.8. The molecule has 0 aromatic heterocycles. The molecule has 1 unspecified atom stereocenters. The van der Waals surface area contributed by atoms with Gasteiger partial charge in [-0.3, -0.25) is 10.1 Å². The number of carboxylic acid groups (broad SMARTS) is 1. The topological polar surface area (TPSA) is 89.7 Å². The maximum Gasteiger partial charge on any atom is 0.506 e. The van der Waals surface area contributed by atoms with Gasteiger partial charge in [0.25, 0.3) is 5.69 Å². The Kier molecular flexibility index (Phi) is 4.03. The number of rotatable bonds is 4. The van der Waals surface area contributed by atoms with E-state index in [-0.39, 0.29) is 11.3 Å². The minimum Gasteiger partial charge on any atom is -0.450 e. The van der Waals surface area contributed by atoms with Gasteiger partial charge in [-0.2, -0.15) is 0 Å². The van der Waals surface area contributed by atoms with Crippen LogP contribution in [0.3, 0.4) is 0 Å². The summed E-state index contributed by atoms with van der Waals surface area (Å²) in [4.78, 5) is 20.7. The van der Waals surface area contributed by atoms with E-state index < -0.39 is 17.2 Å². The zero-order chi connectivity index (χ0) is 13.0. The number of hydrogen-bond acceptors (Lipinski definition) is 4. The maximum atomic E-state index is 10.8. The highest BCUT2D eigenvalue weighted by atomic mass is 16.7. The third-order valence-corrected chi connectivity index (χ3v) is 2.41. The zero-order valence-corrected chi connectivity index (χ0v) is 9.54. The molecule has 0 saturated heterocycles. The van der Waals surface area contributed by atoms with Crippen LogP contribution in [0.1, 0.15) is 31.1 Å². The van der Waals surface area contributed by atoms with Crippen LogP contribution in [0.15, 0.2) is 18.2 Å². The fourth-order valence-electron chi connectivity index (χ4n) is 1.53. The number of carbonyl (C=O) groups is 1. The third kappa shape index (κ3) is 3.17. The first-order valence-corrected chi connectivity index (χ1v) is 5.12. The standard InChI is InChI=1S/C11H13NO5/c1-3-8-4-5-10(12(15)16)9(6-8)7(2)17-11(13)14/h4-7H,3H2,1-2H3,(H,13,14). The van der Waals surface area contributed by atoms with Crippen molar-refractivity contribution in [2.75, 3.05) is 0 Å². The fourth-order valence-corrected chi connectivity index (χ4v) is 1.53. The lowest BCUT2D eigenvalue weighted by atomic mass is 10.0. The van der Waals surface area contributed by atoms with Gasteiger partial charge >= 0.3 is 6.16 Å². The SMILES string of the molecule is CCc1ccc([N+](=O)[O-])c(C(C)OC(=O)O)c1. The summed E-state index contributed by atoms with van der Waals surface area (Å²) < 4.78 is 4.54. The number of benzene rings is 1. The highest BCUT2D eigenvalue weighted by Crippen LogP contribution is 2.28. The Hall–Kier alpha value is -2.11. The van der Waals surface area contributed by atoms with Crippen LogP contribution in [0.4, 0.5) is 10.5 Å². The highest BCUT2D eigenvalue weighted by molar-refractivity contribution is 5.58. The first-order chi connectivity index (χ1) is 7.95. The first-order valence-electron chi connectivity index (χ1n) is 5.12. The summed E-state index contributed by atoms with van der Waals surface area (Å²) in [6.45, 7) is 3.38. The molecule has 1 atom stereocenters. The van der Waals surface area contributed by atoms with Crippen molar-refractivity contribution in [3.05, 3.63) is 39.4 Å². The van der Waals surface area contributed by atoms with Crippen LogP contribution in [0, 0.1) is 10.1 Å². The Balaban J connectivity index is 3.16. The van der Waals surface area contributed by atoms with Crippen molar-refractivity contribution >= 4 is 11.8 Å². The number of aryl methyl sites for hydroxylation is 1. The summed E-state index contributed by atoms with van der Waals surface area (Å²) in [6, 6.07) is 4.62. The molecule has 0 aliphatic carbocycles. The van der Waals surface area contributed by atoms with E-state index in [0.29, 0.717) is 6.42 Å². The van der Waals surface area contributed by atoms with Gasteiger partial charge < -0.3 is 9.84 Å². The molecule has 0 fully saturated rings. The van der Waals surface area contributed by atoms with Crippen molar-refractivity contribution in [2.24, 2.45) is 0 Å². The average molecular weight is 239 g/mol. The molecule has 0 spiro atoms. The minimum atomic E-state index is -1.45. The number of nitro groups is 1. The van der Waals surface area contributed by atoms with Gasteiger partial charge in [0.2, 0.25) is 0 Å². The molecule has 6 nitrogen and oxygen atoms in total. The molecule has 0 aliphatic rings. The van der Waals surface area contributed by atoms with Crippen LogP contribution in [0.5, 0.6) is 0 Å². The summed E-state index contributed by atoms with van der Waals surface area (Å²) in [5.74, 6) is 0. The highest BCUT2D eigenvalue weighted by Gasteiger charge is 2.21. The van der Waals surface area contributed by atoms with Crippen LogP contribution in [0.2, 0.25) is 0 Å². The van der Waals surface area contributed by atoms with Crippen molar-refractivity contribution in [3.63, 3.8) is 0 Å². The Morgan fingerprint density at radius 1 is 1.59 bits per heavy atom. The molecule has 1 aromatic carbocycles. The third-order valence-electron chi connectivity index (χ3n) is 2.41. The van der Waals surface area contributed by atoms with E-state index in [1.807, 2.05) is 6.92 Å². The average Bonchev–Trinajstić information content (AvgIpc) is 2.27. The lowest BCUT2D eigenvalue weighted by Gasteiger charge is -2.12. The molecule has 6 heteroatoms. The van der Waals surface area contributed by atoms with Crippen LogP contribution < -0.4 is 0 Å².